The number of hydrogen-bond donors (Lipinski definition) is 1. The number of rotatable bonds is 11. The van der Waals surface area contributed by atoms with Crippen molar-refractivity contribution < 1.29 is 26.7 Å². The minimum atomic E-state index is -4.16. The Bertz CT molecular complexity index is 1240. The second-order valence-corrected chi connectivity index (χ2v) is 10.6. The number of sulfonamides is 1. The first kappa shape index (κ1) is 26.8. The molecule has 0 unspecified atom stereocenters. The van der Waals surface area contributed by atoms with Gasteiger partial charge in [0.1, 0.15) is 23.9 Å². The van der Waals surface area contributed by atoms with Crippen molar-refractivity contribution >= 4 is 45.0 Å². The molecule has 0 aliphatic heterocycles. The predicted molar refractivity (Wildman–Crippen MR) is 135 cm³/mol. The fourth-order valence-corrected chi connectivity index (χ4v) is 5.71. The first-order valence-corrected chi connectivity index (χ1v) is 13.4. The van der Waals surface area contributed by atoms with E-state index in [4.69, 9.17) is 16.3 Å². The van der Waals surface area contributed by atoms with Gasteiger partial charge in [0.2, 0.25) is 5.91 Å². The van der Waals surface area contributed by atoms with Crippen LogP contribution in [-0.4, -0.2) is 40.3 Å². The normalized spacial score (nSPS) is 11.2. The van der Waals surface area contributed by atoms with Crippen LogP contribution in [0.5, 0.6) is 5.75 Å². The highest BCUT2D eigenvalue weighted by molar-refractivity contribution is 7.98. The topological polar surface area (TPSA) is 75.7 Å². The molecule has 3 aromatic carbocycles. The minimum Gasteiger partial charge on any atom is -0.497 e. The Kier molecular flexibility index (Phi) is 9.36. The molecule has 0 heterocycles. The van der Waals surface area contributed by atoms with E-state index in [2.05, 4.69) is 5.32 Å². The zero-order valence-corrected chi connectivity index (χ0v) is 21.1. The molecule has 0 aromatic heterocycles. The second kappa shape index (κ2) is 12.2. The summed E-state index contributed by atoms with van der Waals surface area (Å²) in [6.45, 7) is -0.252. The van der Waals surface area contributed by atoms with E-state index in [1.54, 1.807) is 18.2 Å². The molecule has 0 aliphatic carbocycles. The molecule has 0 fully saturated rings. The van der Waals surface area contributed by atoms with E-state index in [1.165, 1.54) is 43.1 Å². The summed E-state index contributed by atoms with van der Waals surface area (Å²) in [6, 6.07) is 15.0. The molecule has 35 heavy (non-hydrogen) atoms. The van der Waals surface area contributed by atoms with Crippen molar-refractivity contribution in [3.8, 4) is 5.75 Å². The molecular weight excluding hydrogens is 518 g/mol. The molecule has 0 bridgehead atoms. The molecule has 1 amide bonds. The molecule has 0 atom stereocenters. The van der Waals surface area contributed by atoms with Gasteiger partial charge < -0.3 is 10.1 Å². The van der Waals surface area contributed by atoms with Crippen LogP contribution in [0.15, 0.2) is 71.6 Å². The van der Waals surface area contributed by atoms with Crippen LogP contribution < -0.4 is 14.4 Å². The number of thioether (sulfide) groups is 1. The summed E-state index contributed by atoms with van der Waals surface area (Å²) < 4.78 is 59.8. The van der Waals surface area contributed by atoms with Crippen molar-refractivity contribution in [3.63, 3.8) is 0 Å². The predicted octanol–water partition coefficient (Wildman–Crippen LogP) is 4.87. The van der Waals surface area contributed by atoms with Crippen molar-refractivity contribution in [2.75, 3.05) is 30.3 Å². The second-order valence-electron chi connectivity index (χ2n) is 7.27. The smallest absolute Gasteiger partial charge is 0.264 e. The van der Waals surface area contributed by atoms with Gasteiger partial charge in [-0.05, 0) is 60.7 Å². The van der Waals surface area contributed by atoms with Gasteiger partial charge in [-0.3, -0.25) is 9.10 Å². The fraction of sp³-hybridized carbons (Fsp3) is 0.208. The Morgan fingerprint density at radius 1 is 1.06 bits per heavy atom. The van der Waals surface area contributed by atoms with Crippen LogP contribution in [0.3, 0.4) is 0 Å². The largest absolute Gasteiger partial charge is 0.497 e. The van der Waals surface area contributed by atoms with Gasteiger partial charge in [0, 0.05) is 28.6 Å². The van der Waals surface area contributed by atoms with E-state index in [9.17, 15) is 22.0 Å². The maximum absolute atomic E-state index is 13.9. The first-order valence-electron chi connectivity index (χ1n) is 10.4. The van der Waals surface area contributed by atoms with Crippen LogP contribution in [0, 0.1) is 11.6 Å². The zero-order valence-electron chi connectivity index (χ0n) is 18.7. The summed E-state index contributed by atoms with van der Waals surface area (Å²) in [4.78, 5) is 12.5. The van der Waals surface area contributed by atoms with Gasteiger partial charge in [0.05, 0.1) is 17.7 Å². The maximum atomic E-state index is 13.9. The molecule has 6 nitrogen and oxygen atoms in total. The van der Waals surface area contributed by atoms with E-state index < -0.39 is 34.1 Å². The Morgan fingerprint density at radius 2 is 1.74 bits per heavy atom. The lowest BCUT2D eigenvalue weighted by Gasteiger charge is -2.24. The van der Waals surface area contributed by atoms with Gasteiger partial charge in [0.25, 0.3) is 10.0 Å². The van der Waals surface area contributed by atoms with Crippen LogP contribution >= 0.6 is 23.4 Å². The lowest BCUT2D eigenvalue weighted by atomic mass is 10.2. The fourth-order valence-electron chi connectivity index (χ4n) is 3.09. The Labute approximate surface area is 212 Å². The van der Waals surface area contributed by atoms with Crippen LogP contribution in [0.2, 0.25) is 5.02 Å². The van der Waals surface area contributed by atoms with Crippen molar-refractivity contribution in [2.45, 2.75) is 10.6 Å². The summed E-state index contributed by atoms with van der Waals surface area (Å²) in [5.74, 6) is -0.190. The van der Waals surface area contributed by atoms with Gasteiger partial charge >= 0.3 is 0 Å². The summed E-state index contributed by atoms with van der Waals surface area (Å²) >= 11 is 7.39. The maximum Gasteiger partial charge on any atom is 0.264 e. The third-order valence-corrected chi connectivity index (χ3v) is 8.05. The number of ether oxygens (including phenoxy) is 1. The SMILES string of the molecule is COc1ccc(N(CC(=O)NCCSCc2c(F)cccc2Cl)S(=O)(=O)c2ccc(F)cc2)cc1. The van der Waals surface area contributed by atoms with Gasteiger partial charge in [-0.2, -0.15) is 11.8 Å². The molecule has 3 aromatic rings. The Hall–Kier alpha value is -2.82. The first-order chi connectivity index (χ1) is 16.7. The summed E-state index contributed by atoms with van der Waals surface area (Å²) in [6.07, 6.45) is 0. The van der Waals surface area contributed by atoms with Gasteiger partial charge in [-0.1, -0.05) is 17.7 Å². The number of benzene rings is 3. The number of halogens is 3. The van der Waals surface area contributed by atoms with Crippen molar-refractivity contribution in [3.05, 3.63) is 89.0 Å². The Balaban J connectivity index is 1.66. The van der Waals surface area contributed by atoms with Crippen molar-refractivity contribution in [1.82, 2.24) is 5.32 Å². The number of amides is 1. The highest BCUT2D eigenvalue weighted by atomic mass is 35.5. The van der Waals surface area contributed by atoms with E-state index >= 15 is 0 Å². The van der Waals surface area contributed by atoms with Crippen LogP contribution in [0.4, 0.5) is 14.5 Å². The highest BCUT2D eigenvalue weighted by Gasteiger charge is 2.27. The highest BCUT2D eigenvalue weighted by Crippen LogP contribution is 2.26. The third kappa shape index (κ3) is 7.09. The van der Waals surface area contributed by atoms with Crippen LogP contribution in [0.1, 0.15) is 5.56 Å². The van der Waals surface area contributed by atoms with E-state index in [1.807, 2.05) is 0 Å². The average molecular weight is 541 g/mol. The molecule has 0 spiro atoms. The molecule has 11 heteroatoms. The van der Waals surface area contributed by atoms with Gasteiger partial charge in [-0.15, -0.1) is 0 Å². The molecule has 3 rings (SSSR count). The molecule has 186 valence electrons. The molecule has 0 aliphatic rings. The summed E-state index contributed by atoms with van der Waals surface area (Å²) in [5, 5.41) is 3.01. The van der Waals surface area contributed by atoms with Crippen molar-refractivity contribution in [2.24, 2.45) is 0 Å². The standard InChI is InChI=1S/C24H23ClF2N2O4S2/c1-33-19-9-7-18(8-10-19)29(35(31,32)20-11-5-17(26)6-12-20)15-24(30)28-13-14-34-16-21-22(25)3-2-4-23(21)27/h2-12H,13-16H2,1H3,(H,28,30). The number of hydrogen-bond acceptors (Lipinski definition) is 5. The third-order valence-electron chi connectivity index (χ3n) is 4.93. The average Bonchev–Trinajstić information content (AvgIpc) is 2.84. The van der Waals surface area contributed by atoms with Crippen LogP contribution in [-0.2, 0) is 20.6 Å². The molecular formula is C24H23ClF2N2O4S2. The van der Waals surface area contributed by atoms with Gasteiger partial charge in [-0.25, -0.2) is 17.2 Å². The summed E-state index contributed by atoms with van der Waals surface area (Å²) in [5.41, 5.74) is 0.635. The molecule has 0 saturated carbocycles. The number of carbonyl (C=O) groups is 1. The number of nitrogens with one attached hydrogen (secondary N) is 1. The molecule has 1 N–H and O–H groups in total. The zero-order chi connectivity index (χ0) is 25.4. The monoisotopic (exact) mass is 540 g/mol. The molecule has 0 radical (unpaired) electrons. The Morgan fingerprint density at radius 3 is 2.37 bits per heavy atom. The number of methoxy groups -OCH3 is 1. The van der Waals surface area contributed by atoms with E-state index in [0.717, 1.165) is 28.6 Å². The quantitative estimate of drug-likeness (QED) is 0.351. The summed E-state index contributed by atoms with van der Waals surface area (Å²) in [7, 11) is -2.68. The number of carbonyl (C=O) groups excluding carboxylic acids is 1. The number of anilines is 1. The molecule has 0 saturated heterocycles. The van der Waals surface area contributed by atoms with E-state index in [-0.39, 0.29) is 17.1 Å². The van der Waals surface area contributed by atoms with Crippen LogP contribution in [0.25, 0.3) is 0 Å². The lowest BCUT2D eigenvalue weighted by Crippen LogP contribution is -2.41. The minimum absolute atomic E-state index is 0.153. The van der Waals surface area contributed by atoms with Crippen molar-refractivity contribution in [1.29, 1.82) is 0 Å². The lowest BCUT2D eigenvalue weighted by molar-refractivity contribution is -0.119. The van der Waals surface area contributed by atoms with Gasteiger partial charge in [0.15, 0.2) is 0 Å². The van der Waals surface area contributed by atoms with E-state index in [0.29, 0.717) is 27.8 Å². The number of nitrogens with zero attached hydrogens (tertiary/aromatic N) is 1.